The number of carbonyl (C=O) groups is 3. The minimum Gasteiger partial charge on any atom is -0.394 e. The highest BCUT2D eigenvalue weighted by molar-refractivity contribution is 5.74. The van der Waals surface area contributed by atoms with E-state index in [-0.39, 0.29) is 0 Å². The van der Waals surface area contributed by atoms with Gasteiger partial charge in [0.05, 0.1) is 52.3 Å². The van der Waals surface area contributed by atoms with E-state index in [2.05, 4.69) is 16.0 Å². The normalized spacial score (nSPS) is 43.8. The van der Waals surface area contributed by atoms with Gasteiger partial charge in [0.1, 0.15) is 140 Å². The zero-order chi connectivity index (χ0) is 56.6. The highest BCUT2D eigenvalue weighted by Crippen LogP contribution is 2.35. The van der Waals surface area contributed by atoms with E-state index in [0.29, 0.717) is 0 Å². The Kier molecular flexibility index (Phi) is 24.1. The molecule has 0 spiro atoms. The van der Waals surface area contributed by atoms with Crippen LogP contribution in [0.25, 0.3) is 0 Å². The van der Waals surface area contributed by atoms with Crippen LogP contribution < -0.4 is 16.0 Å². The van der Waals surface area contributed by atoms with Gasteiger partial charge >= 0.3 is 0 Å². The summed E-state index contributed by atoms with van der Waals surface area (Å²) < 4.78 is 56.7. The molecule has 5 aliphatic rings. The van der Waals surface area contributed by atoms with Crippen molar-refractivity contribution in [1.29, 1.82) is 0 Å². The van der Waals surface area contributed by atoms with E-state index in [9.17, 15) is 106 Å². The molecule has 0 saturated carbocycles. The fraction of sp³-hybridized carbons (Fsp3) is 0.929. The van der Waals surface area contributed by atoms with Gasteiger partial charge < -0.3 is 155 Å². The summed E-state index contributed by atoms with van der Waals surface area (Å²) in [6.07, 6.45) is -49.6. The third kappa shape index (κ3) is 14.8. The molecule has 0 aliphatic carbocycles. The van der Waals surface area contributed by atoms with Gasteiger partial charge in [-0.2, -0.15) is 0 Å². The third-order valence-electron chi connectivity index (χ3n) is 13.3. The molecule has 0 bridgehead atoms. The lowest BCUT2D eigenvalue weighted by atomic mass is 9.94. The molecule has 21 N–H and O–H groups in total. The highest BCUT2D eigenvalue weighted by Gasteiger charge is 2.56. The molecule has 5 fully saturated rings. The van der Waals surface area contributed by atoms with E-state index < -0.39 is 242 Å². The number of hydrogen-bond donors (Lipinski definition) is 21. The zero-order valence-corrected chi connectivity index (χ0v) is 41.0. The van der Waals surface area contributed by atoms with Crippen molar-refractivity contribution >= 4 is 17.7 Å². The average molecular weight is 1120 g/mol. The maximum atomic E-state index is 12.5. The van der Waals surface area contributed by atoms with Crippen LogP contribution in [0.1, 0.15) is 20.8 Å². The molecule has 0 aromatic heterocycles. The Hall–Kier alpha value is -2.71. The Morgan fingerprint density at radius 1 is 0.447 bits per heavy atom. The van der Waals surface area contributed by atoms with Gasteiger partial charge in [-0.1, -0.05) is 0 Å². The predicted molar refractivity (Wildman–Crippen MR) is 236 cm³/mol. The number of amides is 3. The molecule has 5 aliphatic heterocycles. The smallest absolute Gasteiger partial charge is 0.217 e. The Bertz CT molecular complexity index is 1820. The van der Waals surface area contributed by atoms with Gasteiger partial charge in [-0.25, -0.2) is 0 Å². The molecule has 0 aromatic carbocycles. The molecule has 5 rings (SSSR count). The van der Waals surface area contributed by atoms with Crippen molar-refractivity contribution in [3.05, 3.63) is 0 Å². The fourth-order valence-corrected chi connectivity index (χ4v) is 9.23. The number of ether oxygens (including phenoxy) is 10. The minimum absolute atomic E-state index is 0.805. The predicted octanol–water partition coefficient (Wildman–Crippen LogP) is -14.0. The molecule has 34 nitrogen and oxygen atoms in total. The Balaban J connectivity index is 1.35. The number of rotatable bonds is 23. The summed E-state index contributed by atoms with van der Waals surface area (Å²) in [7, 11) is 0. The first-order valence-electron chi connectivity index (χ1n) is 24.0. The molecule has 5 heterocycles. The van der Waals surface area contributed by atoms with Crippen LogP contribution in [-0.2, 0) is 61.8 Å². The van der Waals surface area contributed by atoms with Gasteiger partial charge in [-0.05, 0) is 0 Å². The standard InChI is InChI=1S/C42H73N3O31/c1-11(52)43-14(4-46)34(23(56)15(55)10-67-38-21(44-12(2)53)27(60)35(19(8-50)71-38)74-40-31(64)29(62)24(57)16(5-47)68-40)73-42-33(66)37(26(59)18(7-49)70-42)76-39-22(45-13(3)54)28(61)36(20(9-51)72-39)75-41-32(65)30(63)25(58)17(6-48)69-41/h14-42,46-51,55-66H,4-10H2,1-3H3,(H,43,52)(H,44,53)(H,45,54). The SMILES string of the molecule is CC(=O)NC(CO)C(OC1OC(CO)C(O)C(OC2OC(CO)C(OC3OC(CO)C(O)C(O)C3O)C(O)C2NC(C)=O)C1O)C(O)C(O)COC1OC(CO)C(OC2OC(CO)C(O)C(O)C2O)C(O)C1NC(C)=O. The molecule has 5 saturated heterocycles. The van der Waals surface area contributed by atoms with Crippen molar-refractivity contribution in [3.8, 4) is 0 Å². The van der Waals surface area contributed by atoms with Crippen molar-refractivity contribution < 1.29 is 154 Å². The van der Waals surface area contributed by atoms with Crippen LogP contribution in [0.5, 0.6) is 0 Å². The van der Waals surface area contributed by atoms with Gasteiger partial charge in [0.15, 0.2) is 31.5 Å². The quantitative estimate of drug-likeness (QED) is 0.0452. The lowest BCUT2D eigenvalue weighted by Gasteiger charge is -2.49. The topological polar surface area (TPSA) is 544 Å². The lowest BCUT2D eigenvalue weighted by molar-refractivity contribution is -0.372. The second-order valence-corrected chi connectivity index (χ2v) is 18.8. The van der Waals surface area contributed by atoms with Gasteiger partial charge in [0.25, 0.3) is 0 Å². The lowest BCUT2D eigenvalue weighted by Crippen LogP contribution is -2.69. The van der Waals surface area contributed by atoms with Crippen molar-refractivity contribution in [2.45, 2.75) is 199 Å². The number of aliphatic hydroxyl groups is 18. The minimum atomic E-state index is -2.32. The second kappa shape index (κ2) is 28.6. The Morgan fingerprint density at radius 2 is 0.842 bits per heavy atom. The third-order valence-corrected chi connectivity index (χ3v) is 13.3. The van der Waals surface area contributed by atoms with Gasteiger partial charge in [-0.3, -0.25) is 14.4 Å². The highest BCUT2D eigenvalue weighted by atomic mass is 16.8. The van der Waals surface area contributed by atoms with E-state index >= 15 is 0 Å². The van der Waals surface area contributed by atoms with Crippen molar-refractivity contribution in [1.82, 2.24) is 16.0 Å². The van der Waals surface area contributed by atoms with Crippen LogP contribution in [0.3, 0.4) is 0 Å². The van der Waals surface area contributed by atoms with Crippen LogP contribution in [-0.4, -0.2) is 334 Å². The van der Waals surface area contributed by atoms with Crippen molar-refractivity contribution in [2.75, 3.05) is 46.2 Å². The van der Waals surface area contributed by atoms with E-state index in [1.54, 1.807) is 0 Å². The molecule has 0 radical (unpaired) electrons. The van der Waals surface area contributed by atoms with Crippen LogP contribution in [0.4, 0.5) is 0 Å². The number of nitrogens with one attached hydrogen (secondary N) is 3. The Morgan fingerprint density at radius 3 is 1.26 bits per heavy atom. The van der Waals surface area contributed by atoms with Crippen LogP contribution in [0, 0.1) is 0 Å². The first-order valence-corrected chi connectivity index (χ1v) is 24.0. The van der Waals surface area contributed by atoms with Crippen LogP contribution >= 0.6 is 0 Å². The molecule has 34 heteroatoms. The van der Waals surface area contributed by atoms with E-state index in [1.807, 2.05) is 0 Å². The summed E-state index contributed by atoms with van der Waals surface area (Å²) >= 11 is 0. The molecular weight excluding hydrogens is 1040 g/mol. The molecule has 442 valence electrons. The van der Waals surface area contributed by atoms with E-state index in [0.717, 1.165) is 20.8 Å². The van der Waals surface area contributed by atoms with Gasteiger partial charge in [-0.15, -0.1) is 0 Å². The summed E-state index contributed by atoms with van der Waals surface area (Å²) in [5, 5.41) is 199. The molecular formula is C42H73N3O31. The summed E-state index contributed by atoms with van der Waals surface area (Å²) in [6, 6.07) is -5.13. The fourth-order valence-electron chi connectivity index (χ4n) is 9.23. The van der Waals surface area contributed by atoms with Gasteiger partial charge in [0, 0.05) is 20.8 Å². The summed E-state index contributed by atoms with van der Waals surface area (Å²) in [5.74, 6) is -2.50. The van der Waals surface area contributed by atoms with Gasteiger partial charge in [0.2, 0.25) is 17.7 Å². The molecule has 0 aromatic rings. The monoisotopic (exact) mass is 1120 g/mol. The summed E-state index contributed by atoms with van der Waals surface area (Å²) in [5.41, 5.74) is 0. The first-order chi connectivity index (χ1) is 35.9. The maximum absolute atomic E-state index is 12.5. The maximum Gasteiger partial charge on any atom is 0.217 e. The summed E-state index contributed by atoms with van der Waals surface area (Å²) in [4.78, 5) is 37.2. The molecule has 29 atom stereocenters. The summed E-state index contributed by atoms with van der Waals surface area (Å²) in [6.45, 7) is -3.87. The van der Waals surface area contributed by atoms with Crippen LogP contribution in [0.15, 0.2) is 0 Å². The number of carbonyl (C=O) groups excluding carboxylic acids is 3. The molecule has 3 amide bonds. The molecule has 29 unspecified atom stereocenters. The van der Waals surface area contributed by atoms with E-state index in [4.69, 9.17) is 47.4 Å². The zero-order valence-electron chi connectivity index (χ0n) is 41.0. The first kappa shape index (κ1) is 64.1. The van der Waals surface area contributed by atoms with Crippen molar-refractivity contribution in [3.63, 3.8) is 0 Å². The number of aliphatic hydroxyl groups excluding tert-OH is 18. The second-order valence-electron chi connectivity index (χ2n) is 18.8. The largest absolute Gasteiger partial charge is 0.394 e. The Labute approximate surface area is 431 Å². The van der Waals surface area contributed by atoms with Crippen LogP contribution in [0.2, 0.25) is 0 Å². The average Bonchev–Trinajstić information content (AvgIpc) is 3.38. The van der Waals surface area contributed by atoms with E-state index in [1.165, 1.54) is 0 Å². The number of hydrogen-bond acceptors (Lipinski definition) is 31. The van der Waals surface area contributed by atoms with Crippen molar-refractivity contribution in [2.24, 2.45) is 0 Å². The molecule has 76 heavy (non-hydrogen) atoms.